The minimum Gasteiger partial charge on any atom is -0.310 e. The van der Waals surface area contributed by atoms with Crippen molar-refractivity contribution >= 4 is 0 Å². The predicted molar refractivity (Wildman–Crippen MR) is 54.3 cm³/mol. The molecule has 0 spiro atoms. The van der Waals surface area contributed by atoms with Gasteiger partial charge in [-0.25, -0.2) is 15.0 Å². The first-order valence-electron chi connectivity index (χ1n) is 4.79. The lowest BCUT2D eigenvalue weighted by molar-refractivity contribution is 0.651. The standard InChI is InChI=1S/C9H12N6/c1-2-10-6-8-13-7-14-15(8)9-11-4-3-5-12-9/h3-5,7,10H,2,6H2,1H3. The lowest BCUT2D eigenvalue weighted by Gasteiger charge is -2.03. The molecule has 15 heavy (non-hydrogen) atoms. The van der Waals surface area contributed by atoms with Gasteiger partial charge in [0.2, 0.25) is 0 Å². The molecule has 0 amide bonds. The normalized spacial score (nSPS) is 10.5. The summed E-state index contributed by atoms with van der Waals surface area (Å²) in [5.74, 6) is 1.35. The fraction of sp³-hybridized carbons (Fsp3) is 0.333. The highest BCUT2D eigenvalue weighted by Gasteiger charge is 2.06. The first kappa shape index (κ1) is 9.72. The van der Waals surface area contributed by atoms with Crippen LogP contribution >= 0.6 is 0 Å². The molecule has 0 aliphatic rings. The van der Waals surface area contributed by atoms with Gasteiger partial charge in [0.1, 0.15) is 12.2 Å². The predicted octanol–water partition coefficient (Wildman–Crippen LogP) is 0.167. The van der Waals surface area contributed by atoms with Gasteiger partial charge in [-0.15, -0.1) is 0 Å². The topological polar surface area (TPSA) is 68.5 Å². The van der Waals surface area contributed by atoms with Gasteiger partial charge in [-0.3, -0.25) is 0 Å². The van der Waals surface area contributed by atoms with Gasteiger partial charge in [-0.1, -0.05) is 6.92 Å². The van der Waals surface area contributed by atoms with Gasteiger partial charge < -0.3 is 5.32 Å². The van der Waals surface area contributed by atoms with E-state index in [9.17, 15) is 0 Å². The number of hydrogen-bond acceptors (Lipinski definition) is 5. The van der Waals surface area contributed by atoms with Gasteiger partial charge >= 0.3 is 0 Å². The molecular formula is C9H12N6. The fourth-order valence-corrected chi connectivity index (χ4v) is 1.19. The summed E-state index contributed by atoms with van der Waals surface area (Å²) in [5, 5.41) is 7.26. The summed E-state index contributed by atoms with van der Waals surface area (Å²) >= 11 is 0. The van der Waals surface area contributed by atoms with Crippen LogP contribution in [0.15, 0.2) is 24.8 Å². The van der Waals surface area contributed by atoms with Crippen LogP contribution in [-0.4, -0.2) is 31.3 Å². The van der Waals surface area contributed by atoms with Crippen LogP contribution in [-0.2, 0) is 6.54 Å². The third-order valence-corrected chi connectivity index (χ3v) is 1.89. The molecule has 2 aromatic heterocycles. The molecule has 0 aliphatic carbocycles. The zero-order valence-corrected chi connectivity index (χ0v) is 8.46. The van der Waals surface area contributed by atoms with Crippen molar-refractivity contribution in [1.29, 1.82) is 0 Å². The summed E-state index contributed by atoms with van der Waals surface area (Å²) in [5.41, 5.74) is 0. The van der Waals surface area contributed by atoms with Crippen LogP contribution in [0.3, 0.4) is 0 Å². The lowest BCUT2D eigenvalue weighted by atomic mass is 10.5. The Morgan fingerprint density at radius 2 is 2.07 bits per heavy atom. The maximum Gasteiger partial charge on any atom is 0.252 e. The molecule has 0 saturated heterocycles. The first-order valence-corrected chi connectivity index (χ1v) is 4.79. The molecule has 2 heterocycles. The van der Waals surface area contributed by atoms with Gasteiger partial charge in [0.25, 0.3) is 5.95 Å². The highest BCUT2D eigenvalue weighted by Crippen LogP contribution is 2.00. The summed E-state index contributed by atoms with van der Waals surface area (Å²) in [6, 6.07) is 1.77. The van der Waals surface area contributed by atoms with E-state index in [1.54, 1.807) is 23.1 Å². The maximum absolute atomic E-state index is 4.14. The zero-order valence-electron chi connectivity index (χ0n) is 8.46. The van der Waals surface area contributed by atoms with Gasteiger partial charge in [-0.05, 0) is 12.6 Å². The van der Waals surface area contributed by atoms with E-state index in [-0.39, 0.29) is 0 Å². The van der Waals surface area contributed by atoms with E-state index in [4.69, 9.17) is 0 Å². The maximum atomic E-state index is 4.14. The van der Waals surface area contributed by atoms with E-state index in [0.29, 0.717) is 12.5 Å². The molecule has 6 nitrogen and oxygen atoms in total. The highest BCUT2D eigenvalue weighted by atomic mass is 15.4. The minimum atomic E-state index is 0.544. The van der Waals surface area contributed by atoms with Gasteiger partial charge in [0, 0.05) is 12.4 Å². The van der Waals surface area contributed by atoms with Gasteiger partial charge in [0.05, 0.1) is 6.54 Å². The monoisotopic (exact) mass is 204 g/mol. The van der Waals surface area contributed by atoms with E-state index in [0.717, 1.165) is 12.4 Å². The number of nitrogens with zero attached hydrogens (tertiary/aromatic N) is 5. The first-order chi connectivity index (χ1) is 7.42. The second kappa shape index (κ2) is 4.61. The largest absolute Gasteiger partial charge is 0.310 e. The average Bonchev–Trinajstić information content (AvgIpc) is 2.75. The molecule has 0 radical (unpaired) electrons. The van der Waals surface area contributed by atoms with Gasteiger partial charge in [0.15, 0.2) is 0 Å². The van der Waals surface area contributed by atoms with Crippen LogP contribution in [0.2, 0.25) is 0 Å². The summed E-state index contributed by atoms with van der Waals surface area (Å²) in [7, 11) is 0. The van der Waals surface area contributed by atoms with E-state index in [1.807, 2.05) is 6.92 Å². The van der Waals surface area contributed by atoms with Crippen molar-refractivity contribution in [2.24, 2.45) is 0 Å². The summed E-state index contributed by atoms with van der Waals surface area (Å²) in [4.78, 5) is 12.4. The Bertz CT molecular complexity index is 410. The molecule has 0 fully saturated rings. The van der Waals surface area contributed by atoms with Crippen LogP contribution in [0.5, 0.6) is 0 Å². The van der Waals surface area contributed by atoms with E-state index >= 15 is 0 Å². The third kappa shape index (κ3) is 2.16. The number of rotatable bonds is 4. The Kier molecular flexibility index (Phi) is 2.99. The molecule has 6 heteroatoms. The van der Waals surface area contributed by atoms with Crippen LogP contribution in [0.1, 0.15) is 12.7 Å². The molecule has 0 aromatic carbocycles. The Hall–Kier alpha value is -1.82. The van der Waals surface area contributed by atoms with Crippen molar-refractivity contribution in [1.82, 2.24) is 30.0 Å². The Morgan fingerprint density at radius 1 is 1.27 bits per heavy atom. The SMILES string of the molecule is CCNCc1ncnn1-c1ncccn1. The van der Waals surface area contributed by atoms with E-state index in [2.05, 4.69) is 25.4 Å². The molecule has 1 N–H and O–H groups in total. The number of aromatic nitrogens is 5. The second-order valence-corrected chi connectivity index (χ2v) is 2.92. The van der Waals surface area contributed by atoms with Crippen LogP contribution in [0.25, 0.3) is 5.95 Å². The lowest BCUT2D eigenvalue weighted by Crippen LogP contribution is -2.17. The molecule has 2 rings (SSSR count). The number of hydrogen-bond donors (Lipinski definition) is 1. The second-order valence-electron chi connectivity index (χ2n) is 2.92. The molecule has 0 atom stereocenters. The van der Waals surface area contributed by atoms with Crippen molar-refractivity contribution in [3.05, 3.63) is 30.6 Å². The van der Waals surface area contributed by atoms with Gasteiger partial charge in [-0.2, -0.15) is 9.78 Å². The van der Waals surface area contributed by atoms with E-state index in [1.165, 1.54) is 6.33 Å². The Labute approximate surface area is 87.4 Å². The highest BCUT2D eigenvalue weighted by molar-refractivity contribution is 5.09. The molecule has 2 aromatic rings. The van der Waals surface area contributed by atoms with E-state index < -0.39 is 0 Å². The molecule has 0 unspecified atom stereocenters. The summed E-state index contributed by atoms with van der Waals surface area (Å²) < 4.78 is 1.63. The fourth-order valence-electron chi connectivity index (χ4n) is 1.19. The summed E-state index contributed by atoms with van der Waals surface area (Å²) in [6.45, 7) is 3.59. The summed E-state index contributed by atoms with van der Waals surface area (Å²) in [6.07, 6.45) is 4.87. The average molecular weight is 204 g/mol. The number of nitrogens with one attached hydrogen (secondary N) is 1. The molecular weight excluding hydrogens is 192 g/mol. The van der Waals surface area contributed by atoms with Crippen LogP contribution in [0.4, 0.5) is 0 Å². The zero-order chi connectivity index (χ0) is 10.5. The smallest absolute Gasteiger partial charge is 0.252 e. The van der Waals surface area contributed by atoms with Crippen molar-refractivity contribution in [3.63, 3.8) is 0 Å². The molecule has 0 bridgehead atoms. The van der Waals surface area contributed by atoms with Crippen molar-refractivity contribution < 1.29 is 0 Å². The third-order valence-electron chi connectivity index (χ3n) is 1.89. The van der Waals surface area contributed by atoms with Crippen molar-refractivity contribution in [2.75, 3.05) is 6.54 Å². The van der Waals surface area contributed by atoms with Crippen molar-refractivity contribution in [2.45, 2.75) is 13.5 Å². The Morgan fingerprint density at radius 3 is 2.80 bits per heavy atom. The van der Waals surface area contributed by atoms with Crippen molar-refractivity contribution in [3.8, 4) is 5.95 Å². The molecule has 0 aliphatic heterocycles. The Balaban J connectivity index is 2.25. The minimum absolute atomic E-state index is 0.544. The quantitative estimate of drug-likeness (QED) is 0.768. The molecule has 78 valence electrons. The van der Waals surface area contributed by atoms with Crippen LogP contribution in [0, 0.1) is 0 Å². The van der Waals surface area contributed by atoms with Crippen LogP contribution < -0.4 is 5.32 Å². The molecule has 0 saturated carbocycles.